The molecule has 1 heterocycles. The second-order valence-electron chi connectivity index (χ2n) is 7.42. The van der Waals surface area contributed by atoms with E-state index in [9.17, 15) is 4.79 Å². The minimum absolute atomic E-state index is 0.0691. The van der Waals surface area contributed by atoms with Crippen molar-refractivity contribution in [2.75, 3.05) is 5.01 Å². The molecule has 4 nitrogen and oxygen atoms in total. The molecule has 6 heteroatoms. The number of hydrogen-bond acceptors (Lipinski definition) is 3. The smallest absolute Gasteiger partial charge is 0.267 e. The molecule has 2 aliphatic rings. The summed E-state index contributed by atoms with van der Waals surface area (Å²) in [5, 5.41) is 11.0. The summed E-state index contributed by atoms with van der Waals surface area (Å²) in [5.74, 6) is -0.0691. The van der Waals surface area contributed by atoms with Crippen molar-refractivity contribution in [3.05, 3.63) is 64.1 Å². The molecule has 0 saturated heterocycles. The Kier molecular flexibility index (Phi) is 5.88. The molecule has 1 saturated carbocycles. The van der Waals surface area contributed by atoms with Gasteiger partial charge in [-0.25, -0.2) is 0 Å². The van der Waals surface area contributed by atoms with Gasteiger partial charge in [0.05, 0.1) is 16.8 Å². The third-order valence-electron chi connectivity index (χ3n) is 5.47. The molecule has 1 aliphatic heterocycles. The number of nitrogens with one attached hydrogen (secondary N) is 1. The number of carbonyl (C=O) groups excluding carboxylic acids is 1. The first-order valence-electron chi connectivity index (χ1n) is 9.79. The highest BCUT2D eigenvalue weighted by Gasteiger charge is 2.34. The average molecular weight is 416 g/mol. The number of halogens is 2. The third-order valence-corrected chi connectivity index (χ3v) is 6.04. The van der Waals surface area contributed by atoms with Gasteiger partial charge in [-0.3, -0.25) is 9.80 Å². The Bertz CT molecular complexity index is 876. The van der Waals surface area contributed by atoms with Gasteiger partial charge in [0.25, 0.3) is 5.91 Å². The Balaban J connectivity index is 1.61. The van der Waals surface area contributed by atoms with Crippen molar-refractivity contribution >= 4 is 40.5 Å². The van der Waals surface area contributed by atoms with E-state index in [0.29, 0.717) is 22.2 Å². The molecule has 1 unspecified atom stereocenters. The van der Waals surface area contributed by atoms with Gasteiger partial charge in [-0.2, -0.15) is 5.10 Å². The number of rotatable bonds is 4. The average Bonchev–Trinajstić information content (AvgIpc) is 3.15. The summed E-state index contributed by atoms with van der Waals surface area (Å²) in [6, 6.07) is 15.4. The summed E-state index contributed by atoms with van der Waals surface area (Å²) in [7, 11) is 0. The molecule has 1 atom stereocenters. The zero-order valence-corrected chi connectivity index (χ0v) is 17.1. The predicted molar refractivity (Wildman–Crippen MR) is 115 cm³/mol. The van der Waals surface area contributed by atoms with Crippen LogP contribution in [0.3, 0.4) is 0 Å². The molecular formula is C22H23Cl2N3O. The number of para-hydroxylation sites is 1. The fraction of sp³-hybridized carbons (Fsp3) is 0.364. The number of amides is 1. The van der Waals surface area contributed by atoms with Crippen molar-refractivity contribution in [2.45, 2.75) is 50.6 Å². The summed E-state index contributed by atoms with van der Waals surface area (Å²) >= 11 is 12.5. The van der Waals surface area contributed by atoms with Crippen LogP contribution in [0.25, 0.3) is 0 Å². The van der Waals surface area contributed by atoms with Crippen LogP contribution in [0.15, 0.2) is 53.6 Å². The minimum atomic E-state index is -0.0933. The SMILES string of the molecule is O=C(NC1CCCCC1)C1=NN(c2ccccc2Cl)C(c2ccc(Cl)cc2)C1. The largest absolute Gasteiger partial charge is 0.348 e. The maximum atomic E-state index is 12.9. The lowest BCUT2D eigenvalue weighted by Crippen LogP contribution is -2.39. The van der Waals surface area contributed by atoms with Crippen LogP contribution in [-0.2, 0) is 4.79 Å². The van der Waals surface area contributed by atoms with Crippen LogP contribution in [0.1, 0.15) is 50.1 Å². The minimum Gasteiger partial charge on any atom is -0.348 e. The van der Waals surface area contributed by atoms with E-state index in [4.69, 9.17) is 23.2 Å². The first-order chi connectivity index (χ1) is 13.6. The Labute approximate surface area is 175 Å². The summed E-state index contributed by atoms with van der Waals surface area (Å²) in [6.45, 7) is 0. The zero-order valence-electron chi connectivity index (χ0n) is 15.6. The number of nitrogens with zero attached hydrogens (tertiary/aromatic N) is 2. The van der Waals surface area contributed by atoms with Crippen LogP contribution < -0.4 is 10.3 Å². The van der Waals surface area contributed by atoms with Crippen molar-refractivity contribution in [3.8, 4) is 0 Å². The molecule has 2 aromatic rings. The molecule has 1 amide bonds. The second-order valence-corrected chi connectivity index (χ2v) is 8.27. The van der Waals surface area contributed by atoms with E-state index in [1.807, 2.05) is 53.5 Å². The number of benzene rings is 2. The highest BCUT2D eigenvalue weighted by atomic mass is 35.5. The Morgan fingerprint density at radius 2 is 1.71 bits per heavy atom. The van der Waals surface area contributed by atoms with Gasteiger partial charge in [-0.15, -0.1) is 0 Å². The van der Waals surface area contributed by atoms with E-state index in [1.165, 1.54) is 19.3 Å². The number of hydrogen-bond donors (Lipinski definition) is 1. The van der Waals surface area contributed by atoms with E-state index < -0.39 is 0 Å². The van der Waals surface area contributed by atoms with Gasteiger partial charge in [-0.05, 0) is 42.7 Å². The summed E-state index contributed by atoms with van der Waals surface area (Å²) in [4.78, 5) is 12.9. The molecule has 1 aliphatic carbocycles. The topological polar surface area (TPSA) is 44.7 Å². The second kappa shape index (κ2) is 8.54. The standard InChI is InChI=1S/C22H23Cl2N3O/c23-16-12-10-15(11-13-16)21-14-19(22(28)25-17-6-2-1-3-7-17)26-27(21)20-9-5-4-8-18(20)24/h4-5,8-13,17,21H,1-3,6-7,14H2,(H,25,28). The van der Waals surface area contributed by atoms with E-state index in [0.717, 1.165) is 24.1 Å². The molecule has 0 spiro atoms. The van der Waals surface area contributed by atoms with E-state index >= 15 is 0 Å². The Morgan fingerprint density at radius 1 is 1.00 bits per heavy atom. The molecule has 146 valence electrons. The van der Waals surface area contributed by atoms with Gasteiger partial charge in [-0.1, -0.05) is 66.7 Å². The maximum absolute atomic E-state index is 12.9. The lowest BCUT2D eigenvalue weighted by molar-refractivity contribution is -0.115. The third kappa shape index (κ3) is 4.18. The number of hydrazone groups is 1. The van der Waals surface area contributed by atoms with Gasteiger partial charge in [0.1, 0.15) is 5.71 Å². The van der Waals surface area contributed by atoms with Gasteiger partial charge >= 0.3 is 0 Å². The lowest BCUT2D eigenvalue weighted by atomic mass is 9.95. The van der Waals surface area contributed by atoms with E-state index in [1.54, 1.807) is 0 Å². The fourth-order valence-corrected chi connectivity index (χ4v) is 4.32. The van der Waals surface area contributed by atoms with Gasteiger partial charge in [0.2, 0.25) is 0 Å². The van der Waals surface area contributed by atoms with Gasteiger partial charge < -0.3 is 5.32 Å². The van der Waals surface area contributed by atoms with Gasteiger partial charge in [0, 0.05) is 17.5 Å². The zero-order chi connectivity index (χ0) is 19.5. The first kappa shape index (κ1) is 19.3. The molecule has 2 aromatic carbocycles. The molecule has 0 radical (unpaired) electrons. The predicted octanol–water partition coefficient (Wildman–Crippen LogP) is 5.75. The Hall–Kier alpha value is -2.04. The highest BCUT2D eigenvalue weighted by molar-refractivity contribution is 6.40. The first-order valence-corrected chi connectivity index (χ1v) is 10.5. The normalized spacial score (nSPS) is 20.1. The van der Waals surface area contributed by atoms with Crippen LogP contribution in [0.4, 0.5) is 5.69 Å². The van der Waals surface area contributed by atoms with Crippen LogP contribution in [0, 0.1) is 0 Å². The summed E-state index contributed by atoms with van der Waals surface area (Å²) in [5.41, 5.74) is 2.39. The van der Waals surface area contributed by atoms with Crippen molar-refractivity contribution < 1.29 is 4.79 Å². The van der Waals surface area contributed by atoms with Crippen molar-refractivity contribution in [3.63, 3.8) is 0 Å². The van der Waals surface area contributed by atoms with Crippen molar-refractivity contribution in [1.29, 1.82) is 0 Å². The number of anilines is 1. The highest BCUT2D eigenvalue weighted by Crippen LogP contribution is 2.38. The van der Waals surface area contributed by atoms with Crippen LogP contribution in [0.2, 0.25) is 10.0 Å². The van der Waals surface area contributed by atoms with Crippen LogP contribution in [-0.4, -0.2) is 17.7 Å². The summed E-state index contributed by atoms with van der Waals surface area (Å²) in [6.07, 6.45) is 6.24. The Morgan fingerprint density at radius 3 is 2.43 bits per heavy atom. The van der Waals surface area contributed by atoms with Gasteiger partial charge in [0.15, 0.2) is 0 Å². The quantitative estimate of drug-likeness (QED) is 0.690. The monoisotopic (exact) mass is 415 g/mol. The molecule has 4 rings (SSSR count). The van der Waals surface area contributed by atoms with Crippen molar-refractivity contribution in [2.24, 2.45) is 5.10 Å². The van der Waals surface area contributed by atoms with E-state index in [-0.39, 0.29) is 18.0 Å². The van der Waals surface area contributed by atoms with Crippen LogP contribution in [0.5, 0.6) is 0 Å². The van der Waals surface area contributed by atoms with Crippen molar-refractivity contribution in [1.82, 2.24) is 5.32 Å². The fourth-order valence-electron chi connectivity index (χ4n) is 3.97. The molecule has 1 N–H and O–H groups in total. The maximum Gasteiger partial charge on any atom is 0.267 e. The number of carbonyl (C=O) groups is 1. The van der Waals surface area contributed by atoms with E-state index in [2.05, 4.69) is 10.4 Å². The molecule has 0 bridgehead atoms. The molecular weight excluding hydrogens is 393 g/mol. The summed E-state index contributed by atoms with van der Waals surface area (Å²) < 4.78 is 0. The molecule has 1 fully saturated rings. The lowest BCUT2D eigenvalue weighted by Gasteiger charge is -2.24. The molecule has 0 aromatic heterocycles. The van der Waals surface area contributed by atoms with Crippen LogP contribution >= 0.6 is 23.2 Å². The molecule has 28 heavy (non-hydrogen) atoms.